The second-order valence-electron chi connectivity index (χ2n) is 10.9. The van der Waals surface area contributed by atoms with E-state index in [0.29, 0.717) is 59.9 Å². The van der Waals surface area contributed by atoms with Gasteiger partial charge in [-0.15, -0.1) is 0 Å². The topological polar surface area (TPSA) is 93.1 Å². The number of amides is 1. The summed E-state index contributed by atoms with van der Waals surface area (Å²) in [6, 6.07) is 6.57. The quantitative estimate of drug-likeness (QED) is 0.636. The zero-order valence-electron chi connectivity index (χ0n) is 19.6. The molecular weight excluding hydrogens is 443 g/mol. The van der Waals surface area contributed by atoms with Crippen LogP contribution >= 0.6 is 0 Å². The maximum absolute atomic E-state index is 15.4. The van der Waals surface area contributed by atoms with E-state index in [9.17, 15) is 10.1 Å². The van der Waals surface area contributed by atoms with Crippen molar-refractivity contribution in [2.75, 3.05) is 29.9 Å². The largest absolute Gasteiger partial charge is 0.370 e. The van der Waals surface area contributed by atoms with Crippen molar-refractivity contribution in [3.63, 3.8) is 0 Å². The number of nitriles is 1. The van der Waals surface area contributed by atoms with E-state index in [1.165, 1.54) is 0 Å². The first-order valence-corrected chi connectivity index (χ1v) is 12.9. The van der Waals surface area contributed by atoms with Crippen LogP contribution in [0.15, 0.2) is 18.3 Å². The molecule has 5 aliphatic rings. The fraction of sp³-hybridized carbons (Fsp3) is 0.519. The van der Waals surface area contributed by atoms with Crippen LogP contribution < -0.4 is 20.9 Å². The molecular formula is C27H29FN6O. The van der Waals surface area contributed by atoms with Gasteiger partial charge in [0.25, 0.3) is 5.91 Å². The molecule has 2 unspecified atom stereocenters. The van der Waals surface area contributed by atoms with Gasteiger partial charge in [-0.2, -0.15) is 5.26 Å². The lowest BCUT2D eigenvalue weighted by molar-refractivity contribution is 0.0933. The van der Waals surface area contributed by atoms with Crippen LogP contribution in [0.2, 0.25) is 0 Å². The van der Waals surface area contributed by atoms with Gasteiger partial charge in [-0.05, 0) is 79.2 Å². The third kappa shape index (κ3) is 3.56. The Hall–Kier alpha value is -3.18. The van der Waals surface area contributed by atoms with E-state index in [0.717, 1.165) is 61.5 Å². The Morgan fingerprint density at radius 1 is 1.20 bits per heavy atom. The summed E-state index contributed by atoms with van der Waals surface area (Å²) in [5.41, 5.74) is 4.44. The Morgan fingerprint density at radius 2 is 2.03 bits per heavy atom. The molecule has 35 heavy (non-hydrogen) atoms. The third-order valence-corrected chi connectivity index (χ3v) is 8.70. The molecule has 3 N–H and O–H groups in total. The number of nitrogens with zero attached hydrogens (tertiary/aromatic N) is 3. The molecule has 2 saturated heterocycles. The van der Waals surface area contributed by atoms with E-state index < -0.39 is 0 Å². The van der Waals surface area contributed by atoms with E-state index in [2.05, 4.69) is 31.9 Å². The lowest BCUT2D eigenvalue weighted by Crippen LogP contribution is -2.51. The number of anilines is 2. The Labute approximate surface area is 204 Å². The van der Waals surface area contributed by atoms with E-state index in [1.807, 2.05) is 6.07 Å². The molecule has 1 aromatic carbocycles. The van der Waals surface area contributed by atoms with Crippen LogP contribution in [0.4, 0.5) is 15.9 Å². The minimum Gasteiger partial charge on any atom is -0.370 e. The summed E-state index contributed by atoms with van der Waals surface area (Å²) >= 11 is 0. The van der Waals surface area contributed by atoms with Crippen molar-refractivity contribution < 1.29 is 9.18 Å². The second kappa shape index (κ2) is 7.92. The molecule has 180 valence electrons. The maximum atomic E-state index is 15.4. The summed E-state index contributed by atoms with van der Waals surface area (Å²) in [6.45, 7) is 2.59. The molecule has 2 aliphatic carbocycles. The molecule has 7 nitrogen and oxygen atoms in total. The molecule has 1 amide bonds. The van der Waals surface area contributed by atoms with Gasteiger partial charge in [0.15, 0.2) is 0 Å². The van der Waals surface area contributed by atoms with Crippen molar-refractivity contribution in [1.29, 1.82) is 5.26 Å². The summed E-state index contributed by atoms with van der Waals surface area (Å²) in [5.74, 6) is 1.65. The normalized spacial score (nSPS) is 29.8. The van der Waals surface area contributed by atoms with Crippen LogP contribution in [0.25, 0.3) is 0 Å². The molecule has 3 aliphatic heterocycles. The summed E-state index contributed by atoms with van der Waals surface area (Å²) in [4.78, 5) is 19.7. The zero-order chi connectivity index (χ0) is 23.7. The number of carbonyl (C=O) groups is 1. The van der Waals surface area contributed by atoms with Crippen molar-refractivity contribution in [3.8, 4) is 6.07 Å². The van der Waals surface area contributed by atoms with Crippen LogP contribution in [0.5, 0.6) is 0 Å². The smallest absolute Gasteiger partial charge is 0.253 e. The lowest BCUT2D eigenvalue weighted by atomic mass is 9.84. The number of piperazine rings is 1. The van der Waals surface area contributed by atoms with Crippen molar-refractivity contribution in [1.82, 2.24) is 15.6 Å². The standard InChI is InChI=1S/C27H29FN6O/c28-24-8-25(34-12-17-1-2-18(13-34)32-17)23(9-29)19-4-3-16(7-21(19)24)33-27(35)15-6-22-20-5-14(20)10-30-26(22)31-11-15/h6,8,11,14,16-18,20,32H,1-5,7,10,12-13H2,(H,30,31)(H,33,35)/t14-,16+,17?,18?,20-/m1/s1. The lowest BCUT2D eigenvalue weighted by Gasteiger charge is -2.36. The number of hydrogen-bond acceptors (Lipinski definition) is 6. The number of rotatable bonds is 3. The van der Waals surface area contributed by atoms with E-state index in [1.54, 1.807) is 12.3 Å². The van der Waals surface area contributed by atoms with E-state index >= 15 is 4.39 Å². The van der Waals surface area contributed by atoms with E-state index in [4.69, 9.17) is 0 Å². The van der Waals surface area contributed by atoms with Crippen LogP contribution in [-0.2, 0) is 12.8 Å². The van der Waals surface area contributed by atoms with Crippen LogP contribution in [0.3, 0.4) is 0 Å². The van der Waals surface area contributed by atoms with Gasteiger partial charge in [0.05, 0.1) is 16.8 Å². The summed E-state index contributed by atoms with van der Waals surface area (Å²) < 4.78 is 15.4. The van der Waals surface area contributed by atoms with Gasteiger partial charge in [-0.1, -0.05) is 0 Å². The molecule has 8 heteroatoms. The molecule has 2 aromatic rings. The number of hydrogen-bond donors (Lipinski definition) is 3. The van der Waals surface area contributed by atoms with E-state index in [-0.39, 0.29) is 17.8 Å². The first-order chi connectivity index (χ1) is 17.1. The average Bonchev–Trinajstić information content (AvgIpc) is 3.61. The molecule has 2 bridgehead atoms. The zero-order valence-corrected chi connectivity index (χ0v) is 19.6. The van der Waals surface area contributed by atoms with Crippen LogP contribution in [-0.4, -0.2) is 48.7 Å². The molecule has 0 spiro atoms. The van der Waals surface area contributed by atoms with Crippen molar-refractivity contribution >= 4 is 17.4 Å². The highest BCUT2D eigenvalue weighted by Crippen LogP contribution is 2.52. The fourth-order valence-corrected chi connectivity index (χ4v) is 6.77. The van der Waals surface area contributed by atoms with Crippen LogP contribution in [0, 0.1) is 23.1 Å². The number of nitrogens with one attached hydrogen (secondary N) is 3. The highest BCUT2D eigenvalue weighted by Gasteiger charge is 2.43. The Kier molecular flexibility index (Phi) is 4.78. The second-order valence-corrected chi connectivity index (χ2v) is 10.9. The van der Waals surface area contributed by atoms with Crippen LogP contribution in [0.1, 0.15) is 64.2 Å². The molecule has 1 aromatic heterocycles. The maximum Gasteiger partial charge on any atom is 0.253 e. The molecule has 4 heterocycles. The van der Waals surface area contributed by atoms with Crippen molar-refractivity contribution in [2.45, 2.75) is 62.6 Å². The van der Waals surface area contributed by atoms with Gasteiger partial charge in [0.1, 0.15) is 17.7 Å². The fourth-order valence-electron chi connectivity index (χ4n) is 6.77. The minimum absolute atomic E-state index is 0.162. The summed E-state index contributed by atoms with van der Waals surface area (Å²) in [6.07, 6.45) is 6.73. The predicted octanol–water partition coefficient (Wildman–Crippen LogP) is 2.85. The highest BCUT2D eigenvalue weighted by molar-refractivity contribution is 5.94. The van der Waals surface area contributed by atoms with Gasteiger partial charge < -0.3 is 20.9 Å². The number of carbonyl (C=O) groups excluding carboxylic acids is 1. The average molecular weight is 473 g/mol. The highest BCUT2D eigenvalue weighted by atomic mass is 19.1. The summed E-state index contributed by atoms with van der Waals surface area (Å²) in [7, 11) is 0. The summed E-state index contributed by atoms with van der Waals surface area (Å²) in [5, 5.41) is 20.1. The van der Waals surface area contributed by atoms with Crippen molar-refractivity contribution in [2.24, 2.45) is 5.92 Å². The van der Waals surface area contributed by atoms with Gasteiger partial charge in [0.2, 0.25) is 0 Å². The number of halogens is 1. The predicted molar refractivity (Wildman–Crippen MR) is 130 cm³/mol. The van der Waals surface area contributed by atoms with Gasteiger partial charge in [-0.25, -0.2) is 9.37 Å². The first-order valence-electron chi connectivity index (χ1n) is 12.9. The Balaban J connectivity index is 1.11. The minimum atomic E-state index is -0.264. The molecule has 0 radical (unpaired) electrons. The number of fused-ring (bicyclic) bond motifs is 6. The molecule has 5 atom stereocenters. The van der Waals surface area contributed by atoms with Gasteiger partial charge in [-0.3, -0.25) is 4.79 Å². The Morgan fingerprint density at radius 3 is 2.83 bits per heavy atom. The number of benzene rings is 1. The number of aromatic nitrogens is 1. The Bertz CT molecular complexity index is 1260. The monoisotopic (exact) mass is 472 g/mol. The first kappa shape index (κ1) is 21.1. The van der Waals surface area contributed by atoms with Gasteiger partial charge >= 0.3 is 0 Å². The molecule has 3 fully saturated rings. The molecule has 7 rings (SSSR count). The molecule has 1 saturated carbocycles. The SMILES string of the molecule is N#Cc1c(N2CC3CCC(C2)N3)cc(F)c2c1CC[C@H](NC(=O)c1cnc3c(c1)[C@@H]1C[C@@H]1CN3)C2. The number of pyridine rings is 1. The van der Waals surface area contributed by atoms with Gasteiger partial charge in [0, 0.05) is 44.0 Å². The third-order valence-electron chi connectivity index (χ3n) is 8.70. The van der Waals surface area contributed by atoms with Crippen molar-refractivity contribution in [3.05, 3.63) is 52.0 Å².